The third-order valence-electron chi connectivity index (χ3n) is 3.20. The van der Waals surface area contributed by atoms with Crippen molar-refractivity contribution in [2.45, 2.75) is 19.0 Å². The van der Waals surface area contributed by atoms with Crippen LogP contribution >= 0.6 is 11.8 Å². The Morgan fingerprint density at radius 1 is 1.58 bits per heavy atom. The highest BCUT2D eigenvalue weighted by Crippen LogP contribution is 2.21. The van der Waals surface area contributed by atoms with Gasteiger partial charge in [-0.1, -0.05) is 12.1 Å². The van der Waals surface area contributed by atoms with E-state index in [2.05, 4.69) is 11.0 Å². The lowest BCUT2D eigenvalue weighted by Crippen LogP contribution is -2.42. The Morgan fingerprint density at radius 2 is 2.42 bits per heavy atom. The molecule has 1 unspecified atom stereocenters. The molecule has 100 valence electrons. The second-order valence-electron chi connectivity index (χ2n) is 4.61. The highest BCUT2D eigenvalue weighted by molar-refractivity contribution is 7.99. The molecule has 0 amide bonds. The monoisotopic (exact) mass is 276 g/mol. The van der Waals surface area contributed by atoms with E-state index >= 15 is 0 Å². The van der Waals surface area contributed by atoms with Gasteiger partial charge in [-0.2, -0.15) is 17.0 Å². The van der Waals surface area contributed by atoms with Gasteiger partial charge in [0.25, 0.3) is 0 Å². The van der Waals surface area contributed by atoms with Crippen LogP contribution in [-0.2, 0) is 11.3 Å². The first-order valence-corrected chi connectivity index (χ1v) is 7.37. The zero-order valence-corrected chi connectivity index (χ0v) is 11.4. The molecule has 0 bridgehead atoms. The molecule has 1 aliphatic heterocycles. The number of benzene rings is 1. The molecule has 0 saturated carbocycles. The second kappa shape index (κ2) is 6.60. The summed E-state index contributed by atoms with van der Waals surface area (Å²) in [5, 5.41) is 17.8. The van der Waals surface area contributed by atoms with Crippen molar-refractivity contribution in [3.05, 3.63) is 35.4 Å². The van der Waals surface area contributed by atoms with Gasteiger partial charge < -0.3 is 5.11 Å². The van der Waals surface area contributed by atoms with Crippen LogP contribution in [0, 0.1) is 11.3 Å². The van der Waals surface area contributed by atoms with Gasteiger partial charge >= 0.3 is 5.97 Å². The first-order valence-electron chi connectivity index (χ1n) is 6.21. The maximum absolute atomic E-state index is 10.9. The van der Waals surface area contributed by atoms with Crippen LogP contribution in [-0.4, -0.2) is 40.1 Å². The van der Waals surface area contributed by atoms with Gasteiger partial charge in [0.15, 0.2) is 0 Å². The van der Waals surface area contributed by atoms with E-state index in [9.17, 15) is 4.79 Å². The fourth-order valence-electron chi connectivity index (χ4n) is 2.26. The second-order valence-corrected chi connectivity index (χ2v) is 5.76. The molecule has 5 heteroatoms. The Kier molecular flexibility index (Phi) is 4.83. The number of aliphatic carboxylic acids is 1. The molecule has 1 N–H and O–H groups in total. The van der Waals surface area contributed by atoms with Gasteiger partial charge in [-0.25, -0.2) is 0 Å². The van der Waals surface area contributed by atoms with Gasteiger partial charge in [0.1, 0.15) is 0 Å². The lowest BCUT2D eigenvalue weighted by atomic mass is 10.1. The maximum Gasteiger partial charge on any atom is 0.304 e. The van der Waals surface area contributed by atoms with Crippen molar-refractivity contribution < 1.29 is 9.90 Å². The van der Waals surface area contributed by atoms with E-state index in [4.69, 9.17) is 10.4 Å². The predicted octanol–water partition coefficient (Wildman–Crippen LogP) is 1.95. The molecule has 1 aliphatic rings. The average Bonchev–Trinajstić information content (AvgIpc) is 2.41. The molecule has 19 heavy (non-hydrogen) atoms. The molecule has 1 aromatic rings. The Hall–Kier alpha value is -1.51. The first kappa shape index (κ1) is 13.9. The number of carbonyl (C=O) groups is 1. The van der Waals surface area contributed by atoms with E-state index in [-0.39, 0.29) is 12.5 Å². The lowest BCUT2D eigenvalue weighted by molar-refractivity contribution is -0.138. The van der Waals surface area contributed by atoms with Crippen molar-refractivity contribution in [1.82, 2.24) is 4.90 Å². The summed E-state index contributed by atoms with van der Waals surface area (Å²) < 4.78 is 0. The Labute approximate surface area is 117 Å². The SMILES string of the molecule is N#Cc1cccc(CN2CCSCC2CC(=O)O)c1. The Morgan fingerprint density at radius 3 is 3.16 bits per heavy atom. The summed E-state index contributed by atoms with van der Waals surface area (Å²) in [5.41, 5.74) is 1.72. The van der Waals surface area contributed by atoms with E-state index in [1.807, 2.05) is 30.0 Å². The predicted molar refractivity (Wildman–Crippen MR) is 74.9 cm³/mol. The molecule has 0 aromatic heterocycles. The molecule has 0 aliphatic carbocycles. The third kappa shape index (κ3) is 3.98. The fourth-order valence-corrected chi connectivity index (χ4v) is 3.39. The van der Waals surface area contributed by atoms with E-state index in [1.54, 1.807) is 6.07 Å². The molecule has 1 aromatic carbocycles. The summed E-state index contributed by atoms with van der Waals surface area (Å²) in [6, 6.07) is 9.73. The van der Waals surface area contributed by atoms with Crippen molar-refractivity contribution >= 4 is 17.7 Å². The van der Waals surface area contributed by atoms with Crippen LogP contribution in [0.25, 0.3) is 0 Å². The number of nitrogens with zero attached hydrogens (tertiary/aromatic N) is 2. The quantitative estimate of drug-likeness (QED) is 0.910. The van der Waals surface area contributed by atoms with Crippen molar-refractivity contribution in [1.29, 1.82) is 5.26 Å². The smallest absolute Gasteiger partial charge is 0.304 e. The van der Waals surface area contributed by atoms with E-state index in [0.717, 1.165) is 23.6 Å². The van der Waals surface area contributed by atoms with Crippen LogP contribution < -0.4 is 0 Å². The largest absolute Gasteiger partial charge is 0.481 e. The van der Waals surface area contributed by atoms with Crippen LogP contribution in [0.15, 0.2) is 24.3 Å². The fraction of sp³-hybridized carbons (Fsp3) is 0.429. The molecule has 1 atom stereocenters. The summed E-state index contributed by atoms with van der Waals surface area (Å²) in [5.74, 6) is 1.15. The van der Waals surface area contributed by atoms with Crippen molar-refractivity contribution in [3.8, 4) is 6.07 Å². The van der Waals surface area contributed by atoms with E-state index < -0.39 is 5.97 Å². The molecule has 1 heterocycles. The maximum atomic E-state index is 10.9. The molecule has 1 fully saturated rings. The normalized spacial score (nSPS) is 19.8. The van der Waals surface area contributed by atoms with Crippen LogP contribution in [0.5, 0.6) is 0 Å². The van der Waals surface area contributed by atoms with Gasteiger partial charge in [0.2, 0.25) is 0 Å². The lowest BCUT2D eigenvalue weighted by Gasteiger charge is -2.34. The van der Waals surface area contributed by atoms with Crippen LogP contribution in [0.1, 0.15) is 17.5 Å². The van der Waals surface area contributed by atoms with E-state index in [1.165, 1.54) is 0 Å². The van der Waals surface area contributed by atoms with E-state index in [0.29, 0.717) is 12.1 Å². The minimum Gasteiger partial charge on any atom is -0.481 e. The number of rotatable bonds is 4. The highest BCUT2D eigenvalue weighted by Gasteiger charge is 2.24. The highest BCUT2D eigenvalue weighted by atomic mass is 32.2. The van der Waals surface area contributed by atoms with Crippen LogP contribution in [0.4, 0.5) is 0 Å². The summed E-state index contributed by atoms with van der Waals surface area (Å²) in [6.07, 6.45) is 0.185. The number of nitriles is 1. The van der Waals surface area contributed by atoms with Crippen molar-refractivity contribution in [2.24, 2.45) is 0 Å². The molecule has 0 radical (unpaired) electrons. The molecular weight excluding hydrogens is 260 g/mol. The van der Waals surface area contributed by atoms with Gasteiger partial charge in [0.05, 0.1) is 18.1 Å². The topological polar surface area (TPSA) is 64.3 Å². The van der Waals surface area contributed by atoms with Crippen molar-refractivity contribution in [3.63, 3.8) is 0 Å². The number of thioether (sulfide) groups is 1. The Bertz CT molecular complexity index is 498. The average molecular weight is 276 g/mol. The van der Waals surface area contributed by atoms with Gasteiger partial charge in [0, 0.05) is 30.6 Å². The first-order chi connectivity index (χ1) is 9.19. The zero-order valence-electron chi connectivity index (χ0n) is 10.6. The van der Waals surface area contributed by atoms with Crippen molar-refractivity contribution in [2.75, 3.05) is 18.1 Å². The summed E-state index contributed by atoms with van der Waals surface area (Å²) in [6.45, 7) is 1.62. The summed E-state index contributed by atoms with van der Waals surface area (Å²) in [7, 11) is 0. The standard InChI is InChI=1S/C14H16N2O2S/c15-8-11-2-1-3-12(6-11)9-16-4-5-19-10-13(16)7-14(17)18/h1-3,6,13H,4-5,7,9-10H2,(H,17,18). The minimum absolute atomic E-state index is 0.0852. The summed E-state index contributed by atoms with van der Waals surface area (Å²) >= 11 is 1.81. The zero-order chi connectivity index (χ0) is 13.7. The number of hydrogen-bond acceptors (Lipinski definition) is 4. The number of hydrogen-bond donors (Lipinski definition) is 1. The molecule has 4 nitrogen and oxygen atoms in total. The molecular formula is C14H16N2O2S. The molecule has 0 spiro atoms. The van der Waals surface area contributed by atoms with Gasteiger partial charge in [-0.05, 0) is 17.7 Å². The number of carboxylic acid groups (broad SMARTS) is 1. The van der Waals surface area contributed by atoms with Gasteiger partial charge in [-0.3, -0.25) is 9.69 Å². The van der Waals surface area contributed by atoms with Gasteiger partial charge in [-0.15, -0.1) is 0 Å². The summed E-state index contributed by atoms with van der Waals surface area (Å²) in [4.78, 5) is 13.1. The van der Waals surface area contributed by atoms with Crippen LogP contribution in [0.2, 0.25) is 0 Å². The molecule has 1 saturated heterocycles. The Balaban J connectivity index is 2.06. The minimum atomic E-state index is -0.747. The third-order valence-corrected chi connectivity index (χ3v) is 4.29. The molecule has 2 rings (SSSR count). The number of carboxylic acids is 1. The van der Waals surface area contributed by atoms with Crippen LogP contribution in [0.3, 0.4) is 0 Å².